The second kappa shape index (κ2) is 10.0. The Morgan fingerprint density at radius 3 is 2.65 bits per heavy atom. The molecule has 2 aliphatic rings. The van der Waals surface area contributed by atoms with E-state index in [-0.39, 0.29) is 36.6 Å². The number of hydrogen-bond acceptors (Lipinski definition) is 5. The Morgan fingerprint density at radius 1 is 1.16 bits per heavy atom. The minimum absolute atomic E-state index is 0.0302. The summed E-state index contributed by atoms with van der Waals surface area (Å²) in [4.78, 5) is 23.5. The van der Waals surface area contributed by atoms with Gasteiger partial charge in [-0.25, -0.2) is 4.39 Å². The lowest BCUT2D eigenvalue weighted by atomic mass is 9.77. The summed E-state index contributed by atoms with van der Waals surface area (Å²) in [6.07, 6.45) is 1.59. The molecule has 0 saturated carbocycles. The lowest BCUT2D eigenvalue weighted by Gasteiger charge is -2.31. The van der Waals surface area contributed by atoms with E-state index in [4.69, 9.17) is 22.4 Å². The highest BCUT2D eigenvalue weighted by Gasteiger charge is 2.42. The predicted molar refractivity (Wildman–Crippen MR) is 139 cm³/mol. The number of hydrogen-bond donors (Lipinski definition) is 2. The van der Waals surface area contributed by atoms with Crippen molar-refractivity contribution in [1.82, 2.24) is 5.32 Å². The number of primary amides is 1. The van der Waals surface area contributed by atoms with Crippen LogP contribution in [-0.4, -0.2) is 24.1 Å². The van der Waals surface area contributed by atoms with Crippen LogP contribution < -0.4 is 16.1 Å². The molecule has 1 aliphatic heterocycles. The number of anilines is 1. The third-order valence-electron chi connectivity index (χ3n) is 6.79. The minimum Gasteiger partial charge on any atom is -0.370 e. The van der Waals surface area contributed by atoms with Crippen LogP contribution in [0.15, 0.2) is 65.8 Å². The molecule has 186 valence electrons. The Bertz CT molecular complexity index is 1460. The quantitative estimate of drug-likeness (QED) is 0.504. The van der Waals surface area contributed by atoms with E-state index in [1.54, 1.807) is 30.3 Å². The first-order valence-electron chi connectivity index (χ1n) is 11.9. The minimum atomic E-state index is -0.472. The Morgan fingerprint density at radius 2 is 1.95 bits per heavy atom. The molecule has 37 heavy (non-hydrogen) atoms. The van der Waals surface area contributed by atoms with Crippen molar-refractivity contribution in [3.05, 3.63) is 99.3 Å². The van der Waals surface area contributed by atoms with Gasteiger partial charge >= 0.3 is 0 Å². The monoisotopic (exact) mass is 515 g/mol. The van der Waals surface area contributed by atoms with Gasteiger partial charge in [0.2, 0.25) is 5.91 Å². The van der Waals surface area contributed by atoms with E-state index in [0.717, 1.165) is 40.9 Å². The summed E-state index contributed by atoms with van der Waals surface area (Å²) in [5.41, 5.74) is 10.5. The molecule has 3 N–H and O–H groups in total. The molecular weight excluding hydrogens is 493 g/mol. The van der Waals surface area contributed by atoms with Crippen molar-refractivity contribution < 1.29 is 14.0 Å². The molecule has 3 aromatic carbocycles. The van der Waals surface area contributed by atoms with Gasteiger partial charge in [-0.2, -0.15) is 10.4 Å². The Hall–Kier alpha value is -4.22. The summed E-state index contributed by atoms with van der Waals surface area (Å²) in [6.45, 7) is 0.182. The van der Waals surface area contributed by atoms with Gasteiger partial charge in [-0.15, -0.1) is 0 Å². The van der Waals surface area contributed by atoms with Gasteiger partial charge in [0.05, 0.1) is 28.0 Å². The van der Waals surface area contributed by atoms with Crippen LogP contribution in [0.4, 0.5) is 10.1 Å². The fraction of sp³-hybridized carbons (Fsp3) is 0.214. The zero-order valence-corrected chi connectivity index (χ0v) is 20.5. The normalized spacial score (nSPS) is 17.9. The number of aryl methyl sites for hydroxylation is 1. The number of amides is 2. The van der Waals surface area contributed by atoms with Crippen molar-refractivity contribution >= 4 is 34.8 Å². The van der Waals surface area contributed by atoms with E-state index < -0.39 is 5.91 Å². The van der Waals surface area contributed by atoms with Gasteiger partial charge in [0.25, 0.3) is 5.91 Å². The Balaban J connectivity index is 1.51. The number of nitriles is 1. The SMILES string of the molecule is N#Cc1ccc(N2N=C3c4ccc(C(=O)NCCC(N)=O)cc4CC[C@@H]3[C@@H]2c2ccc(F)cc2)cc1Cl. The highest BCUT2D eigenvalue weighted by Crippen LogP contribution is 2.46. The van der Waals surface area contributed by atoms with Crippen LogP contribution in [0.1, 0.15) is 51.5 Å². The smallest absolute Gasteiger partial charge is 0.251 e. The zero-order chi connectivity index (χ0) is 26.1. The number of carbonyl (C=O) groups is 2. The molecule has 2 amide bonds. The number of halogens is 2. The summed E-state index contributed by atoms with van der Waals surface area (Å²) in [7, 11) is 0. The van der Waals surface area contributed by atoms with E-state index in [1.165, 1.54) is 12.1 Å². The van der Waals surface area contributed by atoms with Crippen LogP contribution in [0.25, 0.3) is 0 Å². The molecule has 0 aromatic heterocycles. The van der Waals surface area contributed by atoms with Crippen molar-refractivity contribution in [2.24, 2.45) is 16.8 Å². The van der Waals surface area contributed by atoms with Gasteiger partial charge in [-0.05, 0) is 66.4 Å². The fourth-order valence-electron chi connectivity index (χ4n) is 5.01. The molecule has 1 aliphatic carbocycles. The van der Waals surface area contributed by atoms with E-state index in [0.29, 0.717) is 16.1 Å². The summed E-state index contributed by atoms with van der Waals surface area (Å²) < 4.78 is 13.7. The van der Waals surface area contributed by atoms with Crippen LogP contribution in [0, 0.1) is 23.1 Å². The van der Waals surface area contributed by atoms with Gasteiger partial charge in [-0.3, -0.25) is 14.6 Å². The van der Waals surface area contributed by atoms with Gasteiger partial charge in [-0.1, -0.05) is 29.8 Å². The lowest BCUT2D eigenvalue weighted by molar-refractivity contribution is -0.117. The first-order valence-corrected chi connectivity index (χ1v) is 12.3. The summed E-state index contributed by atoms with van der Waals surface area (Å²) in [5.74, 6) is -1.02. The highest BCUT2D eigenvalue weighted by molar-refractivity contribution is 6.32. The molecule has 3 aromatic rings. The van der Waals surface area contributed by atoms with Gasteiger partial charge in [0, 0.05) is 30.0 Å². The lowest BCUT2D eigenvalue weighted by Crippen LogP contribution is -2.30. The number of hydrazone groups is 1. The molecule has 1 heterocycles. The van der Waals surface area contributed by atoms with Crippen LogP contribution in [-0.2, 0) is 11.2 Å². The van der Waals surface area contributed by atoms with Crippen molar-refractivity contribution in [3.8, 4) is 6.07 Å². The van der Waals surface area contributed by atoms with E-state index >= 15 is 0 Å². The molecule has 0 bridgehead atoms. The third-order valence-corrected chi connectivity index (χ3v) is 7.10. The highest BCUT2D eigenvalue weighted by atomic mass is 35.5. The topological polar surface area (TPSA) is 112 Å². The van der Waals surface area contributed by atoms with Crippen molar-refractivity contribution in [1.29, 1.82) is 5.26 Å². The second-order valence-electron chi connectivity index (χ2n) is 9.09. The molecule has 2 atom stereocenters. The number of nitrogens with one attached hydrogen (secondary N) is 1. The Kier molecular flexibility index (Phi) is 6.64. The number of carbonyl (C=O) groups excluding carboxylic acids is 2. The molecule has 0 unspecified atom stereocenters. The van der Waals surface area contributed by atoms with E-state index in [1.807, 2.05) is 23.2 Å². The third kappa shape index (κ3) is 4.78. The maximum atomic E-state index is 13.7. The predicted octanol–water partition coefficient (Wildman–Crippen LogP) is 4.48. The van der Waals surface area contributed by atoms with Gasteiger partial charge < -0.3 is 11.1 Å². The van der Waals surface area contributed by atoms with Gasteiger partial charge in [0.1, 0.15) is 11.9 Å². The largest absolute Gasteiger partial charge is 0.370 e. The van der Waals surface area contributed by atoms with Crippen molar-refractivity contribution in [3.63, 3.8) is 0 Å². The maximum absolute atomic E-state index is 13.7. The number of fused-ring (bicyclic) bond motifs is 3. The van der Waals surface area contributed by atoms with Crippen LogP contribution in [0.5, 0.6) is 0 Å². The molecule has 9 heteroatoms. The van der Waals surface area contributed by atoms with Crippen LogP contribution >= 0.6 is 11.6 Å². The maximum Gasteiger partial charge on any atom is 0.251 e. The average molecular weight is 516 g/mol. The first kappa shape index (κ1) is 24.5. The van der Waals surface area contributed by atoms with Crippen molar-refractivity contribution in [2.45, 2.75) is 25.3 Å². The number of benzene rings is 3. The molecule has 7 nitrogen and oxygen atoms in total. The molecule has 5 rings (SSSR count). The first-order chi connectivity index (χ1) is 17.9. The Labute approximate surface area is 218 Å². The number of rotatable bonds is 6. The van der Waals surface area contributed by atoms with Crippen LogP contribution in [0.2, 0.25) is 5.02 Å². The fourth-order valence-corrected chi connectivity index (χ4v) is 5.23. The molecule has 0 spiro atoms. The average Bonchev–Trinajstić information content (AvgIpc) is 3.28. The zero-order valence-electron chi connectivity index (χ0n) is 19.7. The van der Waals surface area contributed by atoms with E-state index in [9.17, 15) is 19.2 Å². The molecule has 0 saturated heterocycles. The number of nitrogens with two attached hydrogens (primary N) is 1. The molecule has 0 radical (unpaired) electrons. The summed E-state index contributed by atoms with van der Waals surface area (Å²) in [6, 6.07) is 19.0. The van der Waals surface area contributed by atoms with Gasteiger partial charge in [0.15, 0.2) is 0 Å². The van der Waals surface area contributed by atoms with Crippen molar-refractivity contribution in [2.75, 3.05) is 11.6 Å². The molecule has 0 fully saturated rings. The molecular formula is C28H23ClFN5O2. The number of nitrogens with zero attached hydrogens (tertiary/aromatic N) is 3. The summed E-state index contributed by atoms with van der Waals surface area (Å²) in [5, 5.41) is 19.2. The van der Waals surface area contributed by atoms with E-state index in [2.05, 4.69) is 11.4 Å². The second-order valence-corrected chi connectivity index (χ2v) is 9.50. The van der Waals surface area contributed by atoms with Crippen LogP contribution in [0.3, 0.4) is 0 Å². The standard InChI is InChI=1S/C28H23ClFN5O2/c29-24-14-21(8-3-19(24)15-31)35-27(16-1-6-20(30)7-2-16)23-10-4-17-13-18(5-9-22(17)26(23)34-35)28(37)33-12-11-25(32)36/h1-3,5-9,13-14,23,27H,4,10-12H2,(H2,32,36)(H,33,37)/t23-,27-/m0/s1. The summed E-state index contributed by atoms with van der Waals surface area (Å²) >= 11 is 6.35.